The largest absolute Gasteiger partial charge is 0.340 e. The summed E-state index contributed by atoms with van der Waals surface area (Å²) < 4.78 is 10.9. The number of nitrogens with zero attached hydrogens (tertiary/aromatic N) is 20. The number of piperidine rings is 3. The van der Waals surface area contributed by atoms with Crippen LogP contribution in [0.25, 0.3) is 0 Å². The maximum Gasteiger partial charge on any atom is 0.147 e. The minimum Gasteiger partial charge on any atom is -0.340 e. The van der Waals surface area contributed by atoms with E-state index >= 15 is 0 Å². The molecule has 2 saturated carbocycles. The Morgan fingerprint density at radius 3 is 1.30 bits per heavy atom. The van der Waals surface area contributed by atoms with Crippen LogP contribution in [0.2, 0.25) is 0 Å². The first-order valence-corrected chi connectivity index (χ1v) is 33.5. The third-order valence-corrected chi connectivity index (χ3v) is 18.4. The Bertz CT molecular complexity index is 2340. The topological polar surface area (TPSA) is 142 Å². The molecule has 6 saturated heterocycles. The zero-order chi connectivity index (χ0) is 65.8. The summed E-state index contributed by atoms with van der Waals surface area (Å²) >= 11 is 0. The van der Waals surface area contributed by atoms with Crippen molar-refractivity contribution in [3.05, 3.63) is 102 Å². The standard InChI is InChI=1S/C11H21N.C9H18N2.C8H15N.C6H14N2.C6H13N.5C5H8N2.C4H7N3/c1-9-7-10-5-3-4-6-11(10)12(2)8-9;1-10-6-3-4-8-9(10)5-7-11(8)2;1-8-4-3-7(5-8)9(2)6-8;1-7-3-5-8(2)6-4-7;1-6-3-4-7(2)5-6;2*1-5-3-7(2)4-6-5;1-5-3-6-7(2)4-5;2*1-5-3-4-7(2)6-5;1-4-5-3-7(2)6-4/h9-11H,3-8H2,1-2H3;8-9H,3-7H2,1-2H3;7H,3-6H2,1-2H3;3-6H2,1-2H3;6H,3-5H2,1-2H3;5*3-4H,1-2H3;3H,1-2H3. The van der Waals surface area contributed by atoms with Crippen LogP contribution >= 0.6 is 0 Å². The predicted octanol–water partition coefficient (Wildman–Crippen LogP) is 9.38. The molecular weight excluding hydrogens is 1110 g/mol. The van der Waals surface area contributed by atoms with Crippen LogP contribution < -0.4 is 0 Å². The van der Waals surface area contributed by atoms with Crippen LogP contribution in [0.1, 0.15) is 132 Å². The van der Waals surface area contributed by atoms with Gasteiger partial charge in [-0.2, -0.15) is 20.4 Å². The Balaban J connectivity index is 0.000000210. The maximum atomic E-state index is 4.03. The Hall–Kier alpha value is -5.09. The van der Waals surface area contributed by atoms with Gasteiger partial charge in [0.2, 0.25) is 0 Å². The number of hydrogen-bond acceptors (Lipinski definition) is 14. The molecule has 0 aromatic carbocycles. The minimum atomic E-state index is 0.708. The number of piperazine rings is 1. The molecule has 504 valence electrons. The smallest absolute Gasteiger partial charge is 0.147 e. The Kier molecular flexibility index (Phi) is 33.8. The molecule has 14 rings (SSSR count). The summed E-state index contributed by atoms with van der Waals surface area (Å²) in [6.45, 7) is 31.8. The minimum absolute atomic E-state index is 0.708. The summed E-state index contributed by atoms with van der Waals surface area (Å²) in [5.74, 6) is 3.74. The summed E-state index contributed by atoms with van der Waals surface area (Å²) in [5.41, 5.74) is 6.21. The number of likely N-dealkylation sites (tertiary alicyclic amines) is 5. The van der Waals surface area contributed by atoms with E-state index in [2.05, 4.69) is 140 Å². The molecule has 2 bridgehead atoms. The van der Waals surface area contributed by atoms with E-state index in [1.54, 1.807) is 37.7 Å². The van der Waals surface area contributed by atoms with Crippen LogP contribution in [0.5, 0.6) is 0 Å². The van der Waals surface area contributed by atoms with Gasteiger partial charge in [0.15, 0.2) is 0 Å². The highest BCUT2D eigenvalue weighted by molar-refractivity contribution is 5.00. The molecule has 8 unspecified atom stereocenters. The van der Waals surface area contributed by atoms with E-state index < -0.39 is 0 Å². The summed E-state index contributed by atoms with van der Waals surface area (Å²) in [5, 5.41) is 15.9. The van der Waals surface area contributed by atoms with Crippen molar-refractivity contribution >= 4 is 0 Å². The van der Waals surface area contributed by atoms with E-state index in [1.165, 1.54) is 148 Å². The van der Waals surface area contributed by atoms with E-state index in [4.69, 9.17) is 0 Å². The van der Waals surface area contributed by atoms with Gasteiger partial charge in [-0.15, -0.1) is 0 Å². The predicted molar refractivity (Wildman–Crippen MR) is 369 cm³/mol. The van der Waals surface area contributed by atoms with Crippen LogP contribution in [0.3, 0.4) is 0 Å². The Labute approximate surface area is 541 Å². The summed E-state index contributed by atoms with van der Waals surface area (Å²) in [6, 6.07) is 7.56. The average Bonchev–Trinajstić information content (AvgIpc) is 2.12. The van der Waals surface area contributed by atoms with Gasteiger partial charge < -0.3 is 43.4 Å². The lowest BCUT2D eigenvalue weighted by Gasteiger charge is -2.44. The van der Waals surface area contributed by atoms with Crippen molar-refractivity contribution < 1.29 is 0 Å². The maximum absolute atomic E-state index is 4.03. The van der Waals surface area contributed by atoms with Gasteiger partial charge in [0, 0.05) is 143 Å². The van der Waals surface area contributed by atoms with Crippen molar-refractivity contribution in [1.82, 2.24) is 97.5 Å². The fraction of sp³-hybridized carbons (Fsp3) is 0.754. The number of fused-ring (bicyclic) bond motifs is 4. The first-order valence-electron chi connectivity index (χ1n) is 33.5. The molecule has 0 radical (unpaired) electrons. The number of rotatable bonds is 0. The van der Waals surface area contributed by atoms with Crippen molar-refractivity contribution in [1.29, 1.82) is 0 Å². The fourth-order valence-corrected chi connectivity index (χ4v) is 13.6. The van der Waals surface area contributed by atoms with Gasteiger partial charge in [0.1, 0.15) is 12.2 Å². The van der Waals surface area contributed by atoms with Gasteiger partial charge in [-0.3, -0.25) is 18.7 Å². The third kappa shape index (κ3) is 30.3. The average molecular weight is 1240 g/mol. The van der Waals surface area contributed by atoms with Crippen molar-refractivity contribution in [2.45, 2.75) is 164 Å². The first kappa shape index (κ1) is 76.4. The van der Waals surface area contributed by atoms with E-state index in [0.29, 0.717) is 5.41 Å². The third-order valence-electron chi connectivity index (χ3n) is 18.4. The number of likely N-dealkylation sites (N-methyl/N-ethyl adjacent to an activating group) is 4. The van der Waals surface area contributed by atoms with Crippen molar-refractivity contribution in [3.63, 3.8) is 0 Å². The highest BCUT2D eigenvalue weighted by atomic mass is 15.3. The molecule has 8 atom stereocenters. The van der Waals surface area contributed by atoms with Gasteiger partial charge in [0.05, 0.1) is 41.6 Å². The van der Waals surface area contributed by atoms with Crippen molar-refractivity contribution in [2.75, 3.05) is 115 Å². The highest BCUT2D eigenvalue weighted by Gasteiger charge is 2.44. The van der Waals surface area contributed by atoms with E-state index in [-0.39, 0.29) is 0 Å². The van der Waals surface area contributed by atoms with Crippen molar-refractivity contribution in [3.8, 4) is 0 Å². The molecule has 12 heterocycles. The number of imidazole rings is 2. The van der Waals surface area contributed by atoms with E-state index in [9.17, 15) is 0 Å². The summed E-state index contributed by atoms with van der Waals surface area (Å²) in [4.78, 5) is 29.1. The molecule has 6 aromatic rings. The van der Waals surface area contributed by atoms with E-state index in [0.717, 1.165) is 70.5 Å². The number of hydrogen-bond donors (Lipinski definition) is 0. The summed E-state index contributed by atoms with van der Waals surface area (Å²) in [6.07, 6.45) is 34.3. The highest BCUT2D eigenvalue weighted by Crippen LogP contribution is 2.46. The number of aromatic nitrogens is 13. The second-order valence-electron chi connectivity index (χ2n) is 28.1. The first-order chi connectivity index (χ1) is 42.1. The van der Waals surface area contributed by atoms with Gasteiger partial charge in [-0.1, -0.05) is 33.6 Å². The lowest BCUT2D eigenvalue weighted by atomic mass is 9.76. The molecule has 20 heteroatoms. The summed E-state index contributed by atoms with van der Waals surface area (Å²) in [7, 11) is 27.1. The quantitative estimate of drug-likeness (QED) is 0.143. The molecule has 2 aliphatic carbocycles. The zero-order valence-corrected chi connectivity index (χ0v) is 60.4. The zero-order valence-electron chi connectivity index (χ0n) is 60.4. The SMILES string of the molecule is CC1CC2CCCCC2N(C)C1.CC1CCN(C)C1.CN1CC2(C)CCC1C2.CN1CCCC2C1CCN2C.CN1CCN(C)CC1.Cc1ccn(C)n1.Cc1ccn(C)n1.Cc1cn(C)cn1.Cc1cn(C)cn1.Cc1cnn(C)c1.Cc1ncn(C)n1. The Morgan fingerprint density at radius 1 is 0.449 bits per heavy atom. The van der Waals surface area contributed by atoms with Crippen LogP contribution in [0.15, 0.2) is 68.3 Å². The lowest BCUT2D eigenvalue weighted by molar-refractivity contribution is 0.0544. The van der Waals surface area contributed by atoms with Crippen molar-refractivity contribution in [2.24, 2.45) is 65.5 Å². The molecule has 8 fully saturated rings. The molecule has 0 amide bonds. The van der Waals surface area contributed by atoms with Gasteiger partial charge in [-0.25, -0.2) is 15.0 Å². The van der Waals surface area contributed by atoms with Gasteiger partial charge in [0.25, 0.3) is 0 Å². The molecule has 6 aromatic heterocycles. The molecule has 8 aliphatic rings. The van der Waals surface area contributed by atoms with Crippen LogP contribution in [0.4, 0.5) is 0 Å². The Morgan fingerprint density at radius 2 is 1.00 bits per heavy atom. The van der Waals surface area contributed by atoms with Crippen LogP contribution in [-0.4, -0.2) is 236 Å². The molecule has 89 heavy (non-hydrogen) atoms. The normalized spacial score (nSPS) is 25.6. The van der Waals surface area contributed by atoms with Crippen LogP contribution in [0, 0.1) is 64.7 Å². The second kappa shape index (κ2) is 39.3. The molecule has 0 N–H and O–H groups in total. The lowest BCUT2D eigenvalue weighted by Crippen LogP contribution is -2.47. The van der Waals surface area contributed by atoms with Gasteiger partial charge in [-0.05, 0) is 216 Å². The fourth-order valence-electron chi connectivity index (χ4n) is 13.6. The molecule has 20 nitrogen and oxygen atoms in total. The van der Waals surface area contributed by atoms with Gasteiger partial charge >= 0.3 is 0 Å². The monoisotopic (exact) mass is 1240 g/mol. The molecule has 6 aliphatic heterocycles. The number of aryl methyl sites for hydroxylation is 12. The van der Waals surface area contributed by atoms with Crippen LogP contribution in [-0.2, 0) is 42.3 Å². The molecular formula is C69H128N20. The molecule has 0 spiro atoms. The second-order valence-corrected chi connectivity index (χ2v) is 28.1. The van der Waals surface area contributed by atoms with E-state index in [1.807, 2.05) is 142 Å².